The monoisotopic (exact) mass is 455 g/mol. The number of benzene rings is 1. The molecule has 0 bridgehead atoms. The maximum atomic E-state index is 13.2. The fourth-order valence-corrected chi connectivity index (χ4v) is 3.17. The third-order valence-electron chi connectivity index (χ3n) is 4.80. The van der Waals surface area contributed by atoms with Crippen LogP contribution in [-0.4, -0.2) is 72.9 Å². The van der Waals surface area contributed by atoms with E-state index >= 15 is 0 Å². The maximum absolute atomic E-state index is 13.2. The molecule has 4 aromatic rings. The number of nitrogens with one attached hydrogen (secondary N) is 2. The Labute approximate surface area is 210 Å². The van der Waals surface area contributed by atoms with Crippen LogP contribution in [0.4, 0.5) is 5.95 Å². The van der Waals surface area contributed by atoms with Gasteiger partial charge in [0.05, 0.1) is 18.3 Å². The van der Waals surface area contributed by atoms with Gasteiger partial charge < -0.3 is 4.74 Å². The van der Waals surface area contributed by atoms with Crippen LogP contribution in [0.1, 0.15) is 46.0 Å². The van der Waals surface area contributed by atoms with Gasteiger partial charge >= 0.3 is 0 Å². The molecule has 10 nitrogen and oxygen atoms in total. The number of nitrogens with zero attached hydrogens (tertiary/aromatic N) is 4. The number of fused-ring (bicyclic) bond motifs is 1. The van der Waals surface area contributed by atoms with E-state index < -0.39 is 11.5 Å². The summed E-state index contributed by atoms with van der Waals surface area (Å²) in [6.45, 7) is 2.54. The second-order valence-electron chi connectivity index (χ2n) is 6.98. The molecule has 0 saturated heterocycles. The molecule has 11 heteroatoms. The predicted octanol–water partition coefficient (Wildman–Crippen LogP) is 2.09. The zero-order valence-electron chi connectivity index (χ0n) is 18.2. The molecule has 3 heterocycles. The first kappa shape index (κ1) is 24.3. The second kappa shape index (κ2) is 11.0. The van der Waals surface area contributed by atoms with Crippen molar-refractivity contribution in [1.29, 1.82) is 0 Å². The molecule has 163 valence electrons. The van der Waals surface area contributed by atoms with E-state index in [4.69, 9.17) is 4.74 Å². The van der Waals surface area contributed by atoms with Gasteiger partial charge in [-0.2, -0.15) is 5.21 Å². The third kappa shape index (κ3) is 5.36. The Balaban J connectivity index is 0.00000306. The average Bonchev–Trinajstić information content (AvgIpc) is 3.33. The number of pyridine rings is 2. The van der Waals surface area contributed by atoms with Crippen LogP contribution in [0, 0.1) is 0 Å². The number of carbonyl (C=O) groups excluding carboxylic acids is 2. The number of hydrogen-bond donors (Lipinski definition) is 2. The van der Waals surface area contributed by atoms with Crippen molar-refractivity contribution >= 4 is 52.7 Å². The normalized spacial score (nSPS) is 10.5. The van der Waals surface area contributed by atoms with E-state index in [2.05, 4.69) is 25.9 Å². The molecule has 1 radical (unpaired) electrons. The topological polar surface area (TPSA) is 131 Å². The number of ketones is 1. The molecule has 0 saturated carbocycles. The van der Waals surface area contributed by atoms with Crippen LogP contribution >= 0.6 is 0 Å². The molecule has 0 aliphatic rings. The number of amides is 1. The molecule has 1 aromatic carbocycles. The summed E-state index contributed by atoms with van der Waals surface area (Å²) in [4.78, 5) is 39.2. The fourth-order valence-electron chi connectivity index (χ4n) is 3.17. The first-order valence-corrected chi connectivity index (χ1v) is 10.0. The molecule has 2 N–H and O–H groups in total. The smallest absolute Gasteiger partial charge is 0.270 e. The number of unbranched alkanes of at least 4 members (excludes halogenated alkanes) is 1. The van der Waals surface area contributed by atoms with Gasteiger partial charge in [-0.05, 0) is 29.8 Å². The Morgan fingerprint density at radius 3 is 2.61 bits per heavy atom. The van der Waals surface area contributed by atoms with Gasteiger partial charge in [-0.25, -0.2) is 0 Å². The van der Waals surface area contributed by atoms with E-state index in [1.54, 1.807) is 42.5 Å². The number of carbonyl (C=O) groups is 2. The van der Waals surface area contributed by atoms with Crippen molar-refractivity contribution in [2.45, 2.75) is 19.8 Å². The van der Waals surface area contributed by atoms with E-state index in [0.717, 1.165) is 12.8 Å². The van der Waals surface area contributed by atoms with Gasteiger partial charge in [0, 0.05) is 40.7 Å². The summed E-state index contributed by atoms with van der Waals surface area (Å²) in [5, 5.41) is 15.3. The van der Waals surface area contributed by atoms with Crippen molar-refractivity contribution in [2.24, 2.45) is 0 Å². The summed E-state index contributed by atoms with van der Waals surface area (Å²) in [6, 6.07) is 13.3. The minimum absolute atomic E-state index is 0. The number of aromatic amines is 1. The molecule has 0 unspecified atom stereocenters. The van der Waals surface area contributed by atoms with Crippen LogP contribution < -0.4 is 15.6 Å². The molecule has 4 rings (SSSR count). The number of aromatic nitrogens is 5. The third-order valence-corrected chi connectivity index (χ3v) is 4.80. The Morgan fingerprint density at radius 1 is 1.12 bits per heavy atom. The van der Waals surface area contributed by atoms with Crippen LogP contribution in [0.3, 0.4) is 0 Å². The molecule has 0 aliphatic heterocycles. The fraction of sp³-hybridized carbons (Fsp3) is 0.182. The van der Waals surface area contributed by atoms with Crippen molar-refractivity contribution in [1.82, 2.24) is 25.0 Å². The van der Waals surface area contributed by atoms with E-state index in [1.807, 2.05) is 6.92 Å². The molecule has 0 aliphatic carbocycles. The molecule has 33 heavy (non-hydrogen) atoms. The Morgan fingerprint density at radius 2 is 1.91 bits per heavy atom. The molecule has 3 aromatic heterocycles. The van der Waals surface area contributed by atoms with Gasteiger partial charge in [-0.15, -0.1) is 5.10 Å². The number of tetrazole rings is 1. The van der Waals surface area contributed by atoms with Gasteiger partial charge in [0.2, 0.25) is 0 Å². The van der Waals surface area contributed by atoms with Crippen LogP contribution in [-0.2, 0) is 0 Å². The van der Waals surface area contributed by atoms with Gasteiger partial charge in [-0.3, -0.25) is 24.1 Å². The minimum atomic E-state index is -0.759. The zero-order chi connectivity index (χ0) is 22.5. The van der Waals surface area contributed by atoms with Crippen molar-refractivity contribution < 1.29 is 14.3 Å². The van der Waals surface area contributed by atoms with E-state index in [1.165, 1.54) is 16.7 Å². The van der Waals surface area contributed by atoms with E-state index in [9.17, 15) is 14.4 Å². The van der Waals surface area contributed by atoms with Crippen molar-refractivity contribution in [3.05, 3.63) is 81.8 Å². The number of rotatable bonds is 8. The molecule has 0 atom stereocenters. The van der Waals surface area contributed by atoms with Gasteiger partial charge in [0.1, 0.15) is 11.3 Å². The minimum Gasteiger partial charge on any atom is -0.492 e. The van der Waals surface area contributed by atoms with Gasteiger partial charge in [0.25, 0.3) is 17.4 Å². The maximum Gasteiger partial charge on any atom is 0.270 e. The Kier molecular flexibility index (Phi) is 8.10. The zero-order valence-corrected chi connectivity index (χ0v) is 20.2. The van der Waals surface area contributed by atoms with Crippen molar-refractivity contribution in [3.8, 4) is 5.75 Å². The van der Waals surface area contributed by atoms with Crippen LogP contribution in [0.5, 0.6) is 5.75 Å². The van der Waals surface area contributed by atoms with Gasteiger partial charge in [0.15, 0.2) is 5.78 Å². The first-order chi connectivity index (χ1) is 15.6. The molecule has 1 amide bonds. The van der Waals surface area contributed by atoms with Crippen LogP contribution in [0.2, 0.25) is 0 Å². The van der Waals surface area contributed by atoms with Gasteiger partial charge in [-0.1, -0.05) is 48.8 Å². The van der Waals surface area contributed by atoms with Crippen LogP contribution in [0.15, 0.2) is 59.5 Å². The summed E-state index contributed by atoms with van der Waals surface area (Å²) in [7, 11) is 0. The molecular formula is C22H20N6NaO4. The Bertz CT molecular complexity index is 1320. The standard InChI is InChI=1S/C22H20N6O4.Na/c1-2-3-11-32-15-9-10-18-16(19(29)14-7-5-4-6-8-14)12-17(21(31)28(18)13-15)20(30)23-22-24-26-27-25-22;/h4-10,12-13H,2-3,11H2,1H3,(H2,23,24,25,26,27,30);. The summed E-state index contributed by atoms with van der Waals surface area (Å²) in [6.07, 6.45) is 3.31. The number of ether oxygens (including phenoxy) is 1. The van der Waals surface area contributed by atoms with Crippen molar-refractivity contribution in [2.75, 3.05) is 11.9 Å². The molecular weight excluding hydrogens is 435 g/mol. The largest absolute Gasteiger partial charge is 0.492 e. The molecule has 0 fully saturated rings. The summed E-state index contributed by atoms with van der Waals surface area (Å²) in [5.74, 6) is -0.712. The average molecular weight is 455 g/mol. The quantitative estimate of drug-likeness (QED) is 0.236. The number of anilines is 1. The molecule has 0 spiro atoms. The summed E-state index contributed by atoms with van der Waals surface area (Å²) < 4.78 is 6.96. The Hall–Kier alpha value is -3.34. The summed E-state index contributed by atoms with van der Waals surface area (Å²) in [5.41, 5.74) is 0.154. The summed E-state index contributed by atoms with van der Waals surface area (Å²) >= 11 is 0. The van der Waals surface area contributed by atoms with Crippen LogP contribution in [0.25, 0.3) is 5.52 Å². The predicted molar refractivity (Wildman–Crippen MR) is 122 cm³/mol. The first-order valence-electron chi connectivity index (χ1n) is 10.0. The second-order valence-corrected chi connectivity index (χ2v) is 6.98. The van der Waals surface area contributed by atoms with E-state index in [-0.39, 0.29) is 52.4 Å². The number of H-pyrrole nitrogens is 1. The SMILES string of the molecule is CCCCOc1ccc2c(C(=O)c3ccccc3)cc(C(=O)Nc3nn[nH]n3)c(=O)n2c1.[Na]. The number of hydrogen-bond acceptors (Lipinski definition) is 7. The van der Waals surface area contributed by atoms with Crippen molar-refractivity contribution in [3.63, 3.8) is 0 Å². The van der Waals surface area contributed by atoms with E-state index in [0.29, 0.717) is 23.4 Å².